The molecule has 2 aromatic rings. The lowest BCUT2D eigenvalue weighted by Crippen LogP contribution is -2.06. The van der Waals surface area contributed by atoms with Gasteiger partial charge in [0, 0.05) is 5.56 Å². The molecular formula is C13H14N2O3. The molecule has 0 bridgehead atoms. The van der Waals surface area contributed by atoms with Gasteiger partial charge in [-0.15, -0.1) is 0 Å². The lowest BCUT2D eigenvalue weighted by molar-refractivity contribution is 0.0508. The van der Waals surface area contributed by atoms with Crippen LogP contribution in [0.3, 0.4) is 0 Å². The zero-order valence-electron chi connectivity index (χ0n) is 10.6. The molecule has 94 valence electrons. The normalized spacial score (nSPS) is 10.4. The van der Waals surface area contributed by atoms with E-state index in [1.54, 1.807) is 6.92 Å². The smallest absolute Gasteiger partial charge is 0.379 e. The number of hydrogen-bond donors (Lipinski definition) is 0. The number of rotatable bonds is 3. The van der Waals surface area contributed by atoms with Crippen molar-refractivity contribution in [2.75, 3.05) is 6.61 Å². The molecule has 0 aliphatic heterocycles. The number of aryl methyl sites for hydroxylation is 2. The summed E-state index contributed by atoms with van der Waals surface area (Å²) < 4.78 is 9.90. The van der Waals surface area contributed by atoms with Gasteiger partial charge in [0.2, 0.25) is 0 Å². The second kappa shape index (κ2) is 5.00. The number of benzene rings is 1. The lowest BCUT2D eigenvalue weighted by Gasteiger charge is -2.01. The van der Waals surface area contributed by atoms with Gasteiger partial charge in [-0.25, -0.2) is 4.79 Å². The predicted octanol–water partition coefficient (Wildman–Crippen LogP) is 2.53. The maximum Gasteiger partial charge on any atom is 0.379 e. The van der Waals surface area contributed by atoms with Crippen molar-refractivity contribution in [1.29, 1.82) is 0 Å². The first-order valence-corrected chi connectivity index (χ1v) is 5.70. The van der Waals surface area contributed by atoms with Crippen LogP contribution < -0.4 is 0 Å². The van der Waals surface area contributed by atoms with Gasteiger partial charge in [0.05, 0.1) is 6.61 Å². The Balaban J connectivity index is 2.35. The summed E-state index contributed by atoms with van der Waals surface area (Å²) in [6.45, 7) is 5.93. The number of nitrogens with zero attached hydrogens (tertiary/aromatic N) is 2. The van der Waals surface area contributed by atoms with Gasteiger partial charge < -0.3 is 9.26 Å². The molecule has 18 heavy (non-hydrogen) atoms. The van der Waals surface area contributed by atoms with Crippen LogP contribution in [0.4, 0.5) is 0 Å². The molecule has 5 heteroatoms. The van der Waals surface area contributed by atoms with Crippen LogP contribution in [0.15, 0.2) is 22.7 Å². The summed E-state index contributed by atoms with van der Waals surface area (Å²) >= 11 is 0. The summed E-state index contributed by atoms with van der Waals surface area (Å²) in [5, 5.41) is 3.62. The van der Waals surface area contributed by atoms with Crippen LogP contribution in [-0.2, 0) is 4.74 Å². The van der Waals surface area contributed by atoms with Crippen LogP contribution in [0.25, 0.3) is 11.5 Å². The molecule has 5 nitrogen and oxygen atoms in total. The monoisotopic (exact) mass is 246 g/mol. The second-order valence-electron chi connectivity index (χ2n) is 3.96. The van der Waals surface area contributed by atoms with E-state index in [4.69, 9.17) is 9.26 Å². The zero-order valence-corrected chi connectivity index (χ0v) is 10.6. The SMILES string of the molecule is CCOC(=O)c1noc(-c2cc(C)ccc2C)n1. The summed E-state index contributed by atoms with van der Waals surface area (Å²) in [4.78, 5) is 15.5. The van der Waals surface area contributed by atoms with Gasteiger partial charge in [0.15, 0.2) is 0 Å². The highest BCUT2D eigenvalue weighted by Crippen LogP contribution is 2.22. The molecule has 1 aromatic heterocycles. The average molecular weight is 246 g/mol. The summed E-state index contributed by atoms with van der Waals surface area (Å²) in [6.07, 6.45) is 0. The van der Waals surface area contributed by atoms with Crippen LogP contribution in [0.1, 0.15) is 28.7 Å². The first-order chi connectivity index (χ1) is 8.61. The Kier molecular flexibility index (Phi) is 3.41. The Bertz CT molecular complexity index is 575. The third-order valence-electron chi connectivity index (χ3n) is 2.51. The highest BCUT2D eigenvalue weighted by Gasteiger charge is 2.17. The molecule has 0 unspecified atom stereocenters. The van der Waals surface area contributed by atoms with E-state index in [0.717, 1.165) is 16.7 Å². The minimum Gasteiger partial charge on any atom is -0.460 e. The Hall–Kier alpha value is -2.17. The topological polar surface area (TPSA) is 65.2 Å². The molecule has 2 rings (SSSR count). The van der Waals surface area contributed by atoms with Crippen molar-refractivity contribution in [2.45, 2.75) is 20.8 Å². The molecule has 0 radical (unpaired) electrons. The molecule has 0 atom stereocenters. The molecule has 1 aromatic carbocycles. The third-order valence-corrected chi connectivity index (χ3v) is 2.51. The fourth-order valence-corrected chi connectivity index (χ4v) is 1.58. The van der Waals surface area contributed by atoms with E-state index in [2.05, 4.69) is 10.1 Å². The number of aromatic nitrogens is 2. The number of carbonyl (C=O) groups is 1. The first-order valence-electron chi connectivity index (χ1n) is 5.70. The third kappa shape index (κ3) is 2.40. The van der Waals surface area contributed by atoms with Crippen molar-refractivity contribution in [2.24, 2.45) is 0 Å². The van der Waals surface area contributed by atoms with Crippen LogP contribution >= 0.6 is 0 Å². The van der Waals surface area contributed by atoms with Crippen molar-refractivity contribution in [3.8, 4) is 11.5 Å². The largest absolute Gasteiger partial charge is 0.460 e. The van der Waals surface area contributed by atoms with Crippen LogP contribution in [0, 0.1) is 13.8 Å². The molecule has 0 aliphatic rings. The Labute approximate surface area is 105 Å². The predicted molar refractivity (Wildman–Crippen MR) is 65.2 cm³/mol. The van der Waals surface area contributed by atoms with Gasteiger partial charge in [0.1, 0.15) is 0 Å². The van der Waals surface area contributed by atoms with Crippen LogP contribution in [0.5, 0.6) is 0 Å². The van der Waals surface area contributed by atoms with Crippen molar-refractivity contribution >= 4 is 5.97 Å². The van der Waals surface area contributed by atoms with E-state index >= 15 is 0 Å². The highest BCUT2D eigenvalue weighted by molar-refractivity contribution is 5.85. The Morgan fingerprint density at radius 2 is 2.17 bits per heavy atom. The number of ether oxygens (including phenoxy) is 1. The van der Waals surface area contributed by atoms with E-state index in [0.29, 0.717) is 5.89 Å². The molecule has 0 saturated carbocycles. The van der Waals surface area contributed by atoms with Gasteiger partial charge in [-0.3, -0.25) is 0 Å². The van der Waals surface area contributed by atoms with E-state index in [1.807, 2.05) is 32.0 Å². The Morgan fingerprint density at radius 3 is 2.89 bits per heavy atom. The fraction of sp³-hybridized carbons (Fsp3) is 0.308. The van der Waals surface area contributed by atoms with Gasteiger partial charge >= 0.3 is 5.97 Å². The van der Waals surface area contributed by atoms with E-state index < -0.39 is 5.97 Å². The van der Waals surface area contributed by atoms with E-state index in [-0.39, 0.29) is 12.4 Å². The summed E-state index contributed by atoms with van der Waals surface area (Å²) in [6, 6.07) is 5.91. The molecule has 0 spiro atoms. The number of hydrogen-bond acceptors (Lipinski definition) is 5. The summed E-state index contributed by atoms with van der Waals surface area (Å²) in [5.41, 5.74) is 2.93. The highest BCUT2D eigenvalue weighted by atomic mass is 16.5. The Morgan fingerprint density at radius 1 is 1.39 bits per heavy atom. The van der Waals surface area contributed by atoms with Crippen LogP contribution in [-0.4, -0.2) is 22.7 Å². The molecule has 1 heterocycles. The maximum atomic E-state index is 11.4. The molecule has 0 N–H and O–H groups in total. The quantitative estimate of drug-likeness (QED) is 0.778. The van der Waals surface area contributed by atoms with Crippen molar-refractivity contribution < 1.29 is 14.1 Å². The summed E-state index contributed by atoms with van der Waals surface area (Å²) in [7, 11) is 0. The molecule has 0 amide bonds. The minimum absolute atomic E-state index is 0.0484. The lowest BCUT2D eigenvalue weighted by atomic mass is 10.1. The van der Waals surface area contributed by atoms with Gasteiger partial charge in [-0.05, 0) is 37.6 Å². The van der Waals surface area contributed by atoms with Crippen molar-refractivity contribution in [1.82, 2.24) is 10.1 Å². The summed E-state index contributed by atoms with van der Waals surface area (Å²) in [5.74, 6) is -0.287. The second-order valence-corrected chi connectivity index (χ2v) is 3.96. The number of carbonyl (C=O) groups excluding carboxylic acids is 1. The molecule has 0 fully saturated rings. The molecule has 0 aliphatic carbocycles. The van der Waals surface area contributed by atoms with E-state index in [1.165, 1.54) is 0 Å². The van der Waals surface area contributed by atoms with Crippen molar-refractivity contribution in [3.05, 3.63) is 35.2 Å². The minimum atomic E-state index is -0.571. The zero-order chi connectivity index (χ0) is 13.1. The van der Waals surface area contributed by atoms with Crippen molar-refractivity contribution in [3.63, 3.8) is 0 Å². The average Bonchev–Trinajstić information content (AvgIpc) is 2.82. The van der Waals surface area contributed by atoms with Gasteiger partial charge in [0.25, 0.3) is 11.7 Å². The first kappa shape index (κ1) is 12.3. The molecular weight excluding hydrogens is 232 g/mol. The standard InChI is InChI=1S/C13H14N2O3/c1-4-17-13(16)11-14-12(18-15-11)10-7-8(2)5-6-9(10)3/h5-7H,4H2,1-3H3. The molecule has 0 saturated heterocycles. The fourth-order valence-electron chi connectivity index (χ4n) is 1.58. The van der Waals surface area contributed by atoms with E-state index in [9.17, 15) is 4.79 Å². The van der Waals surface area contributed by atoms with Gasteiger partial charge in [-0.2, -0.15) is 4.98 Å². The van der Waals surface area contributed by atoms with Crippen LogP contribution in [0.2, 0.25) is 0 Å². The number of esters is 1. The van der Waals surface area contributed by atoms with Gasteiger partial charge in [-0.1, -0.05) is 17.7 Å². The maximum absolute atomic E-state index is 11.4.